The number of ether oxygens (including phenoxy) is 1. The van der Waals surface area contributed by atoms with E-state index in [1.165, 1.54) is 19.2 Å². The predicted octanol–water partition coefficient (Wildman–Crippen LogP) is 4.18. The molecule has 0 spiro atoms. The lowest BCUT2D eigenvalue weighted by atomic mass is 9.92. The monoisotopic (exact) mass is 457 g/mol. The molecule has 2 heterocycles. The Morgan fingerprint density at radius 1 is 1.31 bits per heavy atom. The van der Waals surface area contributed by atoms with Gasteiger partial charge in [0.1, 0.15) is 5.75 Å². The number of carbonyl (C=O) groups is 1. The molecule has 2 N–H and O–H groups in total. The molecule has 0 saturated carbocycles. The Bertz CT molecular complexity index is 1270. The number of H-pyrrole nitrogens is 1. The van der Waals surface area contributed by atoms with E-state index >= 15 is 0 Å². The van der Waals surface area contributed by atoms with Crippen LogP contribution in [0.15, 0.2) is 41.3 Å². The first-order valence-electron chi connectivity index (χ1n) is 9.56. The van der Waals surface area contributed by atoms with Crippen molar-refractivity contribution in [3.63, 3.8) is 0 Å². The number of rotatable bonds is 5. The van der Waals surface area contributed by atoms with Gasteiger partial charge in [-0.2, -0.15) is 10.4 Å². The zero-order chi connectivity index (χ0) is 23.6. The van der Waals surface area contributed by atoms with E-state index in [0.717, 1.165) is 18.0 Å². The topological polar surface area (TPSA) is 113 Å². The lowest BCUT2D eigenvalue weighted by Crippen LogP contribution is -2.30. The van der Waals surface area contributed by atoms with Crippen molar-refractivity contribution in [3.05, 3.63) is 63.2 Å². The Balaban J connectivity index is 1.94. The molecule has 1 atom stereocenters. The summed E-state index contributed by atoms with van der Waals surface area (Å²) in [4.78, 5) is 25.1. The van der Waals surface area contributed by atoms with Crippen molar-refractivity contribution < 1.29 is 13.9 Å². The van der Waals surface area contributed by atoms with Gasteiger partial charge in [-0.05, 0) is 18.2 Å². The Morgan fingerprint density at radius 2 is 2.03 bits per heavy atom. The number of nitrogens with one attached hydrogen (secondary N) is 2. The second-order valence-electron chi connectivity index (χ2n) is 8.04. The van der Waals surface area contributed by atoms with Gasteiger partial charge < -0.3 is 10.1 Å². The molecular formula is C22H21ClFN5O3. The zero-order valence-electron chi connectivity index (χ0n) is 17.9. The first-order valence-corrected chi connectivity index (χ1v) is 9.94. The van der Waals surface area contributed by atoms with Crippen LogP contribution in [0.2, 0.25) is 5.02 Å². The fraction of sp³-hybridized carbons (Fsp3) is 0.273. The largest absolute Gasteiger partial charge is 0.495 e. The van der Waals surface area contributed by atoms with Crippen LogP contribution in [0.5, 0.6) is 5.75 Å². The van der Waals surface area contributed by atoms with Crippen molar-refractivity contribution in [2.24, 2.45) is 0 Å². The van der Waals surface area contributed by atoms with Gasteiger partial charge in [-0.3, -0.25) is 19.3 Å². The van der Waals surface area contributed by atoms with Gasteiger partial charge in [-0.15, -0.1) is 0 Å². The first kappa shape index (κ1) is 23.0. The summed E-state index contributed by atoms with van der Waals surface area (Å²) >= 11 is 6.03. The molecular weight excluding hydrogens is 437 g/mol. The highest BCUT2D eigenvalue weighted by Gasteiger charge is 2.25. The number of aromatic amines is 1. The highest BCUT2D eigenvalue weighted by atomic mass is 35.5. The van der Waals surface area contributed by atoms with E-state index in [4.69, 9.17) is 16.3 Å². The molecule has 166 valence electrons. The summed E-state index contributed by atoms with van der Waals surface area (Å²) in [6.07, 6.45) is -1.26. The molecule has 0 bridgehead atoms. The lowest BCUT2D eigenvalue weighted by Gasteiger charge is -2.16. The summed E-state index contributed by atoms with van der Waals surface area (Å²) in [6.45, 7) is 5.86. The summed E-state index contributed by atoms with van der Waals surface area (Å²) in [7, 11) is 1.33. The van der Waals surface area contributed by atoms with Gasteiger partial charge in [0.15, 0.2) is 5.82 Å². The minimum absolute atomic E-state index is 0.0913. The van der Waals surface area contributed by atoms with Gasteiger partial charge in [0.25, 0.3) is 17.8 Å². The molecule has 0 aliphatic carbocycles. The van der Waals surface area contributed by atoms with Crippen LogP contribution >= 0.6 is 11.6 Å². The number of nitrogens with zero attached hydrogens (tertiary/aromatic N) is 3. The Labute approximate surface area is 188 Å². The fourth-order valence-electron chi connectivity index (χ4n) is 3.00. The summed E-state index contributed by atoms with van der Waals surface area (Å²) in [6, 6.07) is 9.26. The number of carbonyl (C=O) groups excluding carboxylic acids is 1. The maximum atomic E-state index is 15.0. The predicted molar refractivity (Wildman–Crippen MR) is 118 cm³/mol. The molecule has 0 aliphatic rings. The first-order chi connectivity index (χ1) is 15.0. The Hall–Kier alpha value is -3.64. The number of alkyl halides is 1. The van der Waals surface area contributed by atoms with Crippen LogP contribution < -0.4 is 15.6 Å². The molecule has 0 saturated heterocycles. The van der Waals surface area contributed by atoms with Gasteiger partial charge in [0.2, 0.25) is 0 Å². The number of benzene rings is 1. The molecule has 32 heavy (non-hydrogen) atoms. The third-order valence-corrected chi connectivity index (χ3v) is 4.99. The second-order valence-corrected chi connectivity index (χ2v) is 8.48. The van der Waals surface area contributed by atoms with Crippen molar-refractivity contribution in [1.29, 1.82) is 5.26 Å². The minimum atomic E-state index is -2.34. The molecule has 3 rings (SSSR count). The quantitative estimate of drug-likeness (QED) is 0.596. The van der Waals surface area contributed by atoms with Gasteiger partial charge in [0, 0.05) is 39.4 Å². The molecule has 0 fully saturated rings. The van der Waals surface area contributed by atoms with Gasteiger partial charge >= 0.3 is 0 Å². The SMILES string of the molecule is COc1cn(C(F)C(=O)Nc2cc(C(C)(C)C)[nH]n2)c(=O)cc1-c1cc(Cl)ccc1C#N. The summed E-state index contributed by atoms with van der Waals surface area (Å²) in [5, 5.41) is 18.8. The van der Waals surface area contributed by atoms with E-state index in [1.54, 1.807) is 12.1 Å². The molecule has 0 aliphatic heterocycles. The van der Waals surface area contributed by atoms with Crippen molar-refractivity contribution in [1.82, 2.24) is 14.8 Å². The highest BCUT2D eigenvalue weighted by Crippen LogP contribution is 2.33. The number of aromatic nitrogens is 3. The summed E-state index contributed by atoms with van der Waals surface area (Å²) in [5.41, 5.74) is 0.571. The van der Waals surface area contributed by atoms with E-state index in [9.17, 15) is 19.2 Å². The van der Waals surface area contributed by atoms with Crippen LogP contribution in [-0.2, 0) is 10.2 Å². The molecule has 10 heteroatoms. The van der Waals surface area contributed by atoms with Gasteiger partial charge in [-0.1, -0.05) is 32.4 Å². The number of hydrogen-bond acceptors (Lipinski definition) is 5. The Kier molecular flexibility index (Phi) is 6.37. The Morgan fingerprint density at radius 3 is 2.62 bits per heavy atom. The normalized spacial score (nSPS) is 12.2. The number of nitriles is 1. The summed E-state index contributed by atoms with van der Waals surface area (Å²) in [5.74, 6) is -0.847. The van der Waals surface area contributed by atoms with Gasteiger partial charge in [-0.25, -0.2) is 4.39 Å². The molecule has 1 unspecified atom stereocenters. The smallest absolute Gasteiger partial charge is 0.281 e. The van der Waals surface area contributed by atoms with E-state index in [0.29, 0.717) is 15.2 Å². The average molecular weight is 458 g/mol. The standard InChI is InChI=1S/C22H21ClFN5O3/c1-22(2,3)17-9-18(28-27-17)26-21(31)20(24)29-11-16(32-4)15(8-19(29)30)14-7-13(23)6-5-12(14)10-25/h5-9,11,20H,1-4H3,(H2,26,27,28,31). The van der Waals surface area contributed by atoms with Crippen LogP contribution in [0, 0.1) is 11.3 Å². The number of halogens is 2. The highest BCUT2D eigenvalue weighted by molar-refractivity contribution is 6.31. The van der Waals surface area contributed by atoms with E-state index in [-0.39, 0.29) is 28.1 Å². The zero-order valence-corrected chi connectivity index (χ0v) is 18.6. The molecule has 1 aromatic carbocycles. The molecule has 0 radical (unpaired) electrons. The molecule has 8 nitrogen and oxygen atoms in total. The van der Waals surface area contributed by atoms with Crippen molar-refractivity contribution in [3.8, 4) is 22.9 Å². The number of hydrogen-bond donors (Lipinski definition) is 2. The lowest BCUT2D eigenvalue weighted by molar-refractivity contribution is -0.123. The van der Waals surface area contributed by atoms with Crippen LogP contribution in [0.25, 0.3) is 11.1 Å². The molecule has 3 aromatic rings. The van der Waals surface area contributed by atoms with Gasteiger partial charge in [0.05, 0.1) is 24.9 Å². The van der Waals surface area contributed by atoms with E-state index in [1.807, 2.05) is 26.8 Å². The third-order valence-electron chi connectivity index (χ3n) is 4.75. The number of pyridine rings is 1. The average Bonchev–Trinajstić information content (AvgIpc) is 3.22. The van der Waals surface area contributed by atoms with Crippen LogP contribution in [-0.4, -0.2) is 27.8 Å². The molecule has 2 aromatic heterocycles. The minimum Gasteiger partial charge on any atom is -0.495 e. The van der Waals surface area contributed by atoms with Crippen LogP contribution in [0.3, 0.4) is 0 Å². The van der Waals surface area contributed by atoms with Crippen molar-refractivity contribution in [2.75, 3.05) is 12.4 Å². The van der Waals surface area contributed by atoms with Crippen molar-refractivity contribution in [2.45, 2.75) is 32.5 Å². The maximum absolute atomic E-state index is 15.0. The third kappa shape index (κ3) is 4.65. The molecule has 1 amide bonds. The number of methoxy groups -OCH3 is 1. The van der Waals surface area contributed by atoms with E-state index in [2.05, 4.69) is 15.5 Å². The second kappa shape index (κ2) is 8.85. The summed E-state index contributed by atoms with van der Waals surface area (Å²) < 4.78 is 20.9. The van der Waals surface area contributed by atoms with Crippen LogP contribution in [0.4, 0.5) is 10.2 Å². The number of amides is 1. The number of anilines is 1. The fourth-order valence-corrected chi connectivity index (χ4v) is 3.17. The van der Waals surface area contributed by atoms with Crippen LogP contribution in [0.1, 0.15) is 38.3 Å². The maximum Gasteiger partial charge on any atom is 0.281 e. The van der Waals surface area contributed by atoms with E-state index < -0.39 is 17.8 Å². The van der Waals surface area contributed by atoms with Crippen molar-refractivity contribution >= 4 is 23.3 Å².